The lowest BCUT2D eigenvalue weighted by molar-refractivity contribution is 0.116. The van der Waals surface area contributed by atoms with E-state index in [0.29, 0.717) is 6.04 Å². The molecule has 1 heterocycles. The van der Waals surface area contributed by atoms with Gasteiger partial charge in [-0.3, -0.25) is 4.90 Å². The third-order valence-corrected chi connectivity index (χ3v) is 4.15. The van der Waals surface area contributed by atoms with Gasteiger partial charge < -0.3 is 9.84 Å². The topological polar surface area (TPSA) is 32.7 Å². The Kier molecular flexibility index (Phi) is 4.83. The Hall–Kier alpha value is -1.06. The van der Waals surface area contributed by atoms with Crippen LogP contribution in [0.4, 0.5) is 0 Å². The molecule has 1 saturated heterocycles. The van der Waals surface area contributed by atoms with E-state index in [9.17, 15) is 5.11 Å². The van der Waals surface area contributed by atoms with Gasteiger partial charge in [-0.1, -0.05) is 13.0 Å². The minimum atomic E-state index is 0.0863. The molecule has 1 fully saturated rings. The minimum absolute atomic E-state index is 0.0863. The number of ether oxygens (including phenoxy) is 1. The summed E-state index contributed by atoms with van der Waals surface area (Å²) < 4.78 is 5.44. The van der Waals surface area contributed by atoms with E-state index >= 15 is 0 Å². The number of piperidine rings is 1. The number of aliphatic hydroxyl groups is 1. The van der Waals surface area contributed by atoms with E-state index in [1.807, 2.05) is 12.1 Å². The van der Waals surface area contributed by atoms with Gasteiger partial charge in [0.15, 0.2) is 0 Å². The van der Waals surface area contributed by atoms with Crippen LogP contribution in [0.5, 0.6) is 5.75 Å². The summed E-state index contributed by atoms with van der Waals surface area (Å²) in [4.78, 5) is 2.52. The van der Waals surface area contributed by atoms with Gasteiger partial charge in [0.25, 0.3) is 0 Å². The number of likely N-dealkylation sites (tertiary alicyclic amines) is 1. The molecule has 1 N–H and O–H groups in total. The van der Waals surface area contributed by atoms with E-state index in [2.05, 4.69) is 24.8 Å². The van der Waals surface area contributed by atoms with Crippen LogP contribution in [-0.4, -0.2) is 29.7 Å². The molecule has 3 nitrogen and oxygen atoms in total. The molecule has 0 aliphatic carbocycles. The van der Waals surface area contributed by atoms with Gasteiger partial charge in [0.05, 0.1) is 13.7 Å². The van der Waals surface area contributed by atoms with Crippen LogP contribution >= 0.6 is 0 Å². The number of nitrogens with zero attached hydrogens (tertiary/aromatic N) is 1. The lowest BCUT2D eigenvalue weighted by Crippen LogP contribution is -2.40. The van der Waals surface area contributed by atoms with Crippen molar-refractivity contribution in [2.24, 2.45) is 5.92 Å². The molecule has 0 bridgehead atoms. The summed E-state index contributed by atoms with van der Waals surface area (Å²) in [5, 5.41) is 9.27. The molecular weight excluding hydrogens is 238 g/mol. The van der Waals surface area contributed by atoms with Crippen LogP contribution in [0.1, 0.15) is 37.8 Å². The minimum Gasteiger partial charge on any atom is -0.496 e. The normalized spacial score (nSPS) is 24.4. The molecule has 0 amide bonds. The van der Waals surface area contributed by atoms with E-state index in [1.165, 1.54) is 18.4 Å². The number of aliphatic hydroxyl groups excluding tert-OH is 1. The summed E-state index contributed by atoms with van der Waals surface area (Å²) >= 11 is 0. The molecule has 2 rings (SSSR count). The average molecular weight is 263 g/mol. The fraction of sp³-hybridized carbons (Fsp3) is 0.625. The van der Waals surface area contributed by atoms with Gasteiger partial charge in [-0.2, -0.15) is 0 Å². The highest BCUT2D eigenvalue weighted by Gasteiger charge is 2.23. The van der Waals surface area contributed by atoms with Crippen LogP contribution in [0.2, 0.25) is 0 Å². The number of hydrogen-bond acceptors (Lipinski definition) is 3. The summed E-state index contributed by atoms with van der Waals surface area (Å²) in [7, 11) is 1.71. The Morgan fingerprint density at radius 3 is 2.79 bits per heavy atom. The van der Waals surface area contributed by atoms with Crippen LogP contribution in [0, 0.1) is 5.92 Å². The fourth-order valence-corrected chi connectivity index (χ4v) is 2.87. The first-order chi connectivity index (χ1) is 9.13. The van der Waals surface area contributed by atoms with Gasteiger partial charge in [-0.05, 0) is 43.4 Å². The molecule has 2 atom stereocenters. The zero-order chi connectivity index (χ0) is 13.8. The molecule has 106 valence electrons. The monoisotopic (exact) mass is 263 g/mol. The predicted octanol–water partition coefficient (Wildman–Crippen LogP) is 2.81. The second-order valence-corrected chi connectivity index (χ2v) is 5.77. The SMILES string of the molecule is COc1ccc(CO)cc1CN1CC(C)CCC1C. The lowest BCUT2D eigenvalue weighted by Gasteiger charge is -2.37. The first-order valence-electron chi connectivity index (χ1n) is 7.14. The van der Waals surface area contributed by atoms with Crippen LogP contribution in [-0.2, 0) is 13.2 Å². The molecular formula is C16H25NO2. The number of methoxy groups -OCH3 is 1. The van der Waals surface area contributed by atoms with Gasteiger partial charge in [0.2, 0.25) is 0 Å². The highest BCUT2D eigenvalue weighted by Crippen LogP contribution is 2.27. The molecule has 19 heavy (non-hydrogen) atoms. The molecule has 1 aliphatic rings. The average Bonchev–Trinajstić information content (AvgIpc) is 2.42. The molecule has 0 radical (unpaired) electrons. The lowest BCUT2D eigenvalue weighted by atomic mass is 9.94. The maximum Gasteiger partial charge on any atom is 0.123 e. The van der Waals surface area contributed by atoms with Crippen molar-refractivity contribution in [3.05, 3.63) is 29.3 Å². The van der Waals surface area contributed by atoms with Crippen molar-refractivity contribution in [1.29, 1.82) is 0 Å². The molecule has 0 saturated carbocycles. The summed E-state index contributed by atoms with van der Waals surface area (Å²) in [5.74, 6) is 1.69. The van der Waals surface area contributed by atoms with Crippen molar-refractivity contribution >= 4 is 0 Å². The first-order valence-corrected chi connectivity index (χ1v) is 7.14. The fourth-order valence-electron chi connectivity index (χ4n) is 2.87. The summed E-state index contributed by atoms with van der Waals surface area (Å²) in [6.45, 7) is 6.76. The quantitative estimate of drug-likeness (QED) is 0.906. The van der Waals surface area contributed by atoms with Crippen LogP contribution < -0.4 is 4.74 Å². The van der Waals surface area contributed by atoms with Gasteiger partial charge >= 0.3 is 0 Å². The summed E-state index contributed by atoms with van der Waals surface area (Å²) in [5.41, 5.74) is 2.13. The van der Waals surface area contributed by atoms with Gasteiger partial charge in [0, 0.05) is 24.7 Å². The van der Waals surface area contributed by atoms with Crippen molar-refractivity contribution in [2.75, 3.05) is 13.7 Å². The van der Waals surface area contributed by atoms with Crippen LogP contribution in [0.15, 0.2) is 18.2 Å². The number of rotatable bonds is 4. The smallest absolute Gasteiger partial charge is 0.123 e. The maximum atomic E-state index is 9.27. The molecule has 1 aromatic rings. The van der Waals surface area contributed by atoms with Crippen molar-refractivity contribution < 1.29 is 9.84 Å². The maximum absolute atomic E-state index is 9.27. The Morgan fingerprint density at radius 1 is 1.32 bits per heavy atom. The third kappa shape index (κ3) is 3.48. The summed E-state index contributed by atoms with van der Waals surface area (Å²) in [6, 6.07) is 6.56. The Balaban J connectivity index is 2.16. The van der Waals surface area contributed by atoms with Crippen molar-refractivity contribution in [3.63, 3.8) is 0 Å². The predicted molar refractivity (Wildman–Crippen MR) is 77.2 cm³/mol. The van der Waals surface area contributed by atoms with E-state index in [-0.39, 0.29) is 6.61 Å². The standard InChI is InChI=1S/C16H25NO2/c1-12-4-5-13(2)17(9-12)10-15-8-14(11-18)6-7-16(15)19-3/h6-8,12-13,18H,4-5,9-11H2,1-3H3. The van der Waals surface area contributed by atoms with E-state index in [4.69, 9.17) is 4.74 Å². The molecule has 2 unspecified atom stereocenters. The highest BCUT2D eigenvalue weighted by atomic mass is 16.5. The Morgan fingerprint density at radius 2 is 2.11 bits per heavy atom. The van der Waals surface area contributed by atoms with Crippen molar-refractivity contribution in [2.45, 2.75) is 45.9 Å². The van der Waals surface area contributed by atoms with Crippen LogP contribution in [0.25, 0.3) is 0 Å². The van der Waals surface area contributed by atoms with E-state index < -0.39 is 0 Å². The largest absolute Gasteiger partial charge is 0.496 e. The number of hydrogen-bond donors (Lipinski definition) is 1. The highest BCUT2D eigenvalue weighted by molar-refractivity contribution is 5.37. The van der Waals surface area contributed by atoms with E-state index in [1.54, 1.807) is 7.11 Å². The first kappa shape index (κ1) is 14.4. The van der Waals surface area contributed by atoms with Gasteiger partial charge in [-0.15, -0.1) is 0 Å². The van der Waals surface area contributed by atoms with Gasteiger partial charge in [-0.25, -0.2) is 0 Å². The number of benzene rings is 1. The van der Waals surface area contributed by atoms with Crippen molar-refractivity contribution in [3.8, 4) is 5.75 Å². The zero-order valence-electron chi connectivity index (χ0n) is 12.2. The molecule has 1 aliphatic heterocycles. The van der Waals surface area contributed by atoms with Gasteiger partial charge in [0.1, 0.15) is 5.75 Å². The van der Waals surface area contributed by atoms with E-state index in [0.717, 1.165) is 30.3 Å². The molecule has 3 heteroatoms. The Labute approximate surface area is 116 Å². The molecule has 1 aromatic carbocycles. The second kappa shape index (κ2) is 6.40. The summed E-state index contributed by atoms with van der Waals surface area (Å²) in [6.07, 6.45) is 2.59. The zero-order valence-corrected chi connectivity index (χ0v) is 12.2. The third-order valence-electron chi connectivity index (χ3n) is 4.15. The second-order valence-electron chi connectivity index (χ2n) is 5.77. The Bertz CT molecular complexity index is 419. The van der Waals surface area contributed by atoms with Crippen molar-refractivity contribution in [1.82, 2.24) is 4.90 Å². The molecule has 0 spiro atoms. The van der Waals surface area contributed by atoms with Crippen LogP contribution in [0.3, 0.4) is 0 Å². The molecule has 0 aromatic heterocycles.